The standard InChI is InChI=1S/C7H7BrO2/c8-7-5(4-9)2-1-3-6(7)10/h1-3,9-10H,4H2. The first kappa shape index (κ1) is 7.57. The predicted molar refractivity (Wildman–Crippen MR) is 41.7 cm³/mol. The summed E-state index contributed by atoms with van der Waals surface area (Å²) in [5.41, 5.74) is 0.694. The molecule has 1 aromatic carbocycles. The van der Waals surface area contributed by atoms with Gasteiger partial charge in [0.15, 0.2) is 0 Å². The van der Waals surface area contributed by atoms with E-state index in [1.807, 2.05) is 0 Å². The Balaban J connectivity index is 3.14. The number of hydrogen-bond donors (Lipinski definition) is 2. The Morgan fingerprint density at radius 3 is 2.60 bits per heavy atom. The van der Waals surface area contributed by atoms with Crippen molar-refractivity contribution < 1.29 is 10.2 Å². The van der Waals surface area contributed by atoms with Crippen LogP contribution in [0.1, 0.15) is 5.56 Å². The minimum Gasteiger partial charge on any atom is -0.507 e. The summed E-state index contributed by atoms with van der Waals surface area (Å²) in [6, 6.07) is 4.98. The second kappa shape index (κ2) is 3.03. The lowest BCUT2D eigenvalue weighted by Gasteiger charge is -2.00. The van der Waals surface area contributed by atoms with Gasteiger partial charge < -0.3 is 10.2 Å². The number of aliphatic hydroxyl groups is 1. The molecule has 10 heavy (non-hydrogen) atoms. The lowest BCUT2D eigenvalue weighted by molar-refractivity contribution is 0.280. The molecule has 0 aliphatic rings. The highest BCUT2D eigenvalue weighted by molar-refractivity contribution is 9.10. The molecule has 0 amide bonds. The fraction of sp³-hybridized carbons (Fsp3) is 0.143. The zero-order valence-corrected chi connectivity index (χ0v) is 6.80. The van der Waals surface area contributed by atoms with Crippen LogP contribution >= 0.6 is 15.9 Å². The molecule has 1 rings (SSSR count). The second-order valence-corrected chi connectivity index (χ2v) is 2.70. The molecule has 0 fully saturated rings. The van der Waals surface area contributed by atoms with Crippen molar-refractivity contribution in [3.63, 3.8) is 0 Å². The zero-order valence-electron chi connectivity index (χ0n) is 5.21. The van der Waals surface area contributed by atoms with E-state index in [9.17, 15) is 0 Å². The van der Waals surface area contributed by atoms with Gasteiger partial charge in [-0.15, -0.1) is 0 Å². The lowest BCUT2D eigenvalue weighted by Crippen LogP contribution is -1.83. The van der Waals surface area contributed by atoms with E-state index in [4.69, 9.17) is 10.2 Å². The van der Waals surface area contributed by atoms with Gasteiger partial charge in [0.2, 0.25) is 0 Å². The van der Waals surface area contributed by atoms with E-state index in [-0.39, 0.29) is 12.4 Å². The second-order valence-electron chi connectivity index (χ2n) is 1.91. The summed E-state index contributed by atoms with van der Waals surface area (Å²) in [7, 11) is 0. The van der Waals surface area contributed by atoms with Crippen molar-refractivity contribution in [2.45, 2.75) is 6.61 Å². The van der Waals surface area contributed by atoms with E-state index in [1.165, 1.54) is 0 Å². The molecular weight excluding hydrogens is 196 g/mol. The summed E-state index contributed by atoms with van der Waals surface area (Å²) in [4.78, 5) is 0. The fourth-order valence-corrected chi connectivity index (χ4v) is 1.08. The van der Waals surface area contributed by atoms with E-state index in [2.05, 4.69) is 15.9 Å². The van der Waals surface area contributed by atoms with Crippen molar-refractivity contribution in [1.82, 2.24) is 0 Å². The van der Waals surface area contributed by atoms with E-state index >= 15 is 0 Å². The smallest absolute Gasteiger partial charge is 0.130 e. The van der Waals surface area contributed by atoms with E-state index in [0.717, 1.165) is 0 Å². The topological polar surface area (TPSA) is 40.5 Å². The van der Waals surface area contributed by atoms with Crippen LogP contribution in [0, 0.1) is 0 Å². The monoisotopic (exact) mass is 202 g/mol. The maximum atomic E-state index is 9.07. The Morgan fingerprint density at radius 2 is 2.10 bits per heavy atom. The van der Waals surface area contributed by atoms with Crippen molar-refractivity contribution in [2.24, 2.45) is 0 Å². The number of phenolic OH excluding ortho intramolecular Hbond substituents is 1. The number of rotatable bonds is 1. The summed E-state index contributed by atoms with van der Waals surface area (Å²) < 4.78 is 0.567. The summed E-state index contributed by atoms with van der Waals surface area (Å²) in [6.07, 6.45) is 0. The van der Waals surface area contributed by atoms with Gasteiger partial charge in [-0.25, -0.2) is 0 Å². The third kappa shape index (κ3) is 1.30. The van der Waals surface area contributed by atoms with Crippen LogP contribution in [0.4, 0.5) is 0 Å². The van der Waals surface area contributed by atoms with Gasteiger partial charge in [-0.05, 0) is 27.6 Å². The number of hydrogen-bond acceptors (Lipinski definition) is 2. The fourth-order valence-electron chi connectivity index (χ4n) is 0.688. The molecule has 0 unspecified atom stereocenters. The molecule has 0 aromatic heterocycles. The highest BCUT2D eigenvalue weighted by Gasteiger charge is 2.00. The predicted octanol–water partition coefficient (Wildman–Crippen LogP) is 1.65. The van der Waals surface area contributed by atoms with Gasteiger partial charge in [0, 0.05) is 0 Å². The highest BCUT2D eigenvalue weighted by atomic mass is 79.9. The van der Waals surface area contributed by atoms with E-state index < -0.39 is 0 Å². The zero-order chi connectivity index (χ0) is 7.56. The largest absolute Gasteiger partial charge is 0.507 e. The van der Waals surface area contributed by atoms with Gasteiger partial charge in [-0.1, -0.05) is 12.1 Å². The molecule has 2 N–H and O–H groups in total. The minimum atomic E-state index is -0.0605. The van der Waals surface area contributed by atoms with Crippen LogP contribution in [0.3, 0.4) is 0 Å². The highest BCUT2D eigenvalue weighted by Crippen LogP contribution is 2.26. The molecule has 2 nitrogen and oxygen atoms in total. The molecular formula is C7H7BrO2. The maximum Gasteiger partial charge on any atom is 0.130 e. The van der Waals surface area contributed by atoms with Crippen molar-refractivity contribution >= 4 is 15.9 Å². The van der Waals surface area contributed by atoms with E-state index in [0.29, 0.717) is 10.0 Å². The average molecular weight is 203 g/mol. The Kier molecular flexibility index (Phi) is 2.29. The number of halogens is 1. The van der Waals surface area contributed by atoms with Crippen molar-refractivity contribution in [3.8, 4) is 5.75 Å². The van der Waals surface area contributed by atoms with Crippen molar-refractivity contribution in [1.29, 1.82) is 0 Å². The van der Waals surface area contributed by atoms with Gasteiger partial charge in [0.05, 0.1) is 11.1 Å². The summed E-state index contributed by atoms with van der Waals surface area (Å²) in [5, 5.41) is 17.8. The normalized spacial score (nSPS) is 9.80. The Labute approximate surface area is 67.3 Å². The van der Waals surface area contributed by atoms with Crippen LogP contribution in [0.2, 0.25) is 0 Å². The SMILES string of the molecule is OCc1cccc(O)c1Br. The minimum absolute atomic E-state index is 0.0605. The first-order chi connectivity index (χ1) is 4.75. The number of aliphatic hydroxyl groups excluding tert-OH is 1. The van der Waals surface area contributed by atoms with Gasteiger partial charge >= 0.3 is 0 Å². The van der Waals surface area contributed by atoms with Gasteiger partial charge in [-0.2, -0.15) is 0 Å². The van der Waals surface area contributed by atoms with Crippen LogP contribution in [-0.2, 0) is 6.61 Å². The van der Waals surface area contributed by atoms with Crippen molar-refractivity contribution in [3.05, 3.63) is 28.2 Å². The molecule has 1 aromatic rings. The molecule has 0 heterocycles. The quantitative estimate of drug-likeness (QED) is 0.728. The molecule has 0 atom stereocenters. The Morgan fingerprint density at radius 1 is 1.40 bits per heavy atom. The first-order valence-corrected chi connectivity index (χ1v) is 3.62. The molecule has 0 spiro atoms. The molecule has 3 heteroatoms. The summed E-state index contributed by atoms with van der Waals surface area (Å²) in [5.74, 6) is 0.159. The summed E-state index contributed by atoms with van der Waals surface area (Å²) >= 11 is 3.13. The van der Waals surface area contributed by atoms with Gasteiger partial charge in [0.1, 0.15) is 5.75 Å². The maximum absolute atomic E-state index is 9.07. The van der Waals surface area contributed by atoms with Crippen LogP contribution in [0.5, 0.6) is 5.75 Å². The number of benzene rings is 1. The van der Waals surface area contributed by atoms with Crippen LogP contribution in [0.15, 0.2) is 22.7 Å². The van der Waals surface area contributed by atoms with E-state index in [1.54, 1.807) is 18.2 Å². The molecule has 54 valence electrons. The Bertz CT molecular complexity index is 235. The van der Waals surface area contributed by atoms with Crippen LogP contribution in [0.25, 0.3) is 0 Å². The molecule has 0 saturated carbocycles. The third-order valence-corrected chi connectivity index (χ3v) is 2.14. The third-order valence-electron chi connectivity index (χ3n) is 1.23. The number of phenols is 1. The molecule has 0 saturated heterocycles. The average Bonchev–Trinajstić information content (AvgIpc) is 1.95. The van der Waals surface area contributed by atoms with Crippen LogP contribution < -0.4 is 0 Å². The number of aromatic hydroxyl groups is 1. The first-order valence-electron chi connectivity index (χ1n) is 2.83. The van der Waals surface area contributed by atoms with Crippen LogP contribution in [-0.4, -0.2) is 10.2 Å². The molecule has 0 aliphatic carbocycles. The lowest BCUT2D eigenvalue weighted by atomic mass is 10.2. The van der Waals surface area contributed by atoms with Gasteiger partial charge in [-0.3, -0.25) is 0 Å². The summed E-state index contributed by atoms with van der Waals surface area (Å²) in [6.45, 7) is -0.0605. The Hall–Kier alpha value is -0.540. The molecule has 0 radical (unpaired) electrons. The van der Waals surface area contributed by atoms with Crippen molar-refractivity contribution in [2.75, 3.05) is 0 Å². The molecule has 0 bridgehead atoms. The molecule has 0 aliphatic heterocycles. The van der Waals surface area contributed by atoms with Gasteiger partial charge in [0.25, 0.3) is 0 Å².